The molecule has 0 bridgehead atoms. The van der Waals surface area contributed by atoms with Crippen LogP contribution in [0, 0.1) is 5.41 Å². The van der Waals surface area contributed by atoms with E-state index in [9.17, 15) is 0 Å². The first-order valence-corrected chi connectivity index (χ1v) is 5.44. The highest BCUT2D eigenvalue weighted by molar-refractivity contribution is 5.46. The Balaban J connectivity index is 3.02. The summed E-state index contributed by atoms with van der Waals surface area (Å²) in [6.45, 7) is 6.75. The molecule has 0 aliphatic carbocycles. The molecule has 0 saturated carbocycles. The van der Waals surface area contributed by atoms with Crippen molar-refractivity contribution in [2.24, 2.45) is 5.41 Å². The molecule has 0 fully saturated rings. The van der Waals surface area contributed by atoms with Gasteiger partial charge in [0.1, 0.15) is 0 Å². The Morgan fingerprint density at radius 2 is 1.80 bits per heavy atom. The molecule has 1 aromatic carbocycles. The lowest BCUT2D eigenvalue weighted by Crippen LogP contribution is -2.29. The summed E-state index contributed by atoms with van der Waals surface area (Å²) >= 11 is 0. The smallest absolute Gasteiger partial charge is 0.0367 e. The monoisotopic (exact) mass is 206 g/mol. The molecule has 0 aliphatic rings. The minimum absolute atomic E-state index is 0.223. The van der Waals surface area contributed by atoms with E-state index in [1.807, 2.05) is 14.1 Å². The summed E-state index contributed by atoms with van der Waals surface area (Å²) in [7, 11) is 3.96. The van der Waals surface area contributed by atoms with Gasteiger partial charge in [0.2, 0.25) is 0 Å². The molecule has 0 aromatic heterocycles. The highest BCUT2D eigenvalue weighted by Crippen LogP contribution is 2.33. The van der Waals surface area contributed by atoms with Crippen LogP contribution in [0.25, 0.3) is 0 Å². The number of nitrogens with one attached hydrogen (secondary N) is 2. The Labute approximate surface area is 93.1 Å². The molecule has 0 amide bonds. The lowest BCUT2D eigenvalue weighted by molar-refractivity contribution is 0.287. The topological polar surface area (TPSA) is 24.1 Å². The third-order valence-electron chi connectivity index (χ3n) is 2.66. The van der Waals surface area contributed by atoms with Crippen molar-refractivity contribution >= 4 is 5.69 Å². The quantitative estimate of drug-likeness (QED) is 0.794. The minimum Gasteiger partial charge on any atom is -0.388 e. The summed E-state index contributed by atoms with van der Waals surface area (Å²) < 4.78 is 0. The summed E-state index contributed by atoms with van der Waals surface area (Å²) in [5, 5.41) is 6.55. The van der Waals surface area contributed by atoms with Crippen molar-refractivity contribution in [3.63, 3.8) is 0 Å². The first-order valence-electron chi connectivity index (χ1n) is 5.44. The Morgan fingerprint density at radius 1 is 1.13 bits per heavy atom. The molecule has 2 N–H and O–H groups in total. The zero-order chi connectivity index (χ0) is 11.5. The molecule has 1 atom stereocenters. The maximum atomic E-state index is 3.38. The van der Waals surface area contributed by atoms with Crippen LogP contribution in [-0.4, -0.2) is 14.1 Å². The Hall–Kier alpha value is -1.02. The van der Waals surface area contributed by atoms with Gasteiger partial charge in [-0.1, -0.05) is 32.9 Å². The average molecular weight is 206 g/mol. The van der Waals surface area contributed by atoms with Crippen LogP contribution in [0.3, 0.4) is 0 Å². The summed E-state index contributed by atoms with van der Waals surface area (Å²) in [5.41, 5.74) is 2.72. The molecule has 84 valence electrons. The van der Waals surface area contributed by atoms with Gasteiger partial charge in [0.25, 0.3) is 0 Å². The van der Waals surface area contributed by atoms with Gasteiger partial charge in [-0.15, -0.1) is 0 Å². The third kappa shape index (κ3) is 2.96. The van der Waals surface area contributed by atoms with E-state index in [-0.39, 0.29) is 5.41 Å². The van der Waals surface area contributed by atoms with Crippen LogP contribution in [0.5, 0.6) is 0 Å². The Kier molecular flexibility index (Phi) is 3.75. The highest BCUT2D eigenvalue weighted by Gasteiger charge is 2.24. The lowest BCUT2D eigenvalue weighted by Gasteiger charge is -2.31. The largest absolute Gasteiger partial charge is 0.388 e. The van der Waals surface area contributed by atoms with Crippen molar-refractivity contribution in [2.75, 3.05) is 19.4 Å². The van der Waals surface area contributed by atoms with Crippen molar-refractivity contribution in [1.82, 2.24) is 5.32 Å². The van der Waals surface area contributed by atoms with Crippen molar-refractivity contribution in [3.05, 3.63) is 29.8 Å². The van der Waals surface area contributed by atoms with Crippen molar-refractivity contribution in [1.29, 1.82) is 0 Å². The van der Waals surface area contributed by atoms with Gasteiger partial charge in [-0.25, -0.2) is 0 Å². The van der Waals surface area contributed by atoms with E-state index < -0.39 is 0 Å². The fourth-order valence-corrected chi connectivity index (χ4v) is 1.97. The Bertz CT molecular complexity index is 313. The third-order valence-corrected chi connectivity index (χ3v) is 2.66. The summed E-state index contributed by atoms with van der Waals surface area (Å²) in [6, 6.07) is 8.93. The number of anilines is 1. The second kappa shape index (κ2) is 4.67. The SMILES string of the molecule is CNc1cccc(C(NC)C(C)(C)C)c1. The number of hydrogen-bond donors (Lipinski definition) is 2. The number of rotatable bonds is 3. The van der Waals surface area contributed by atoms with Crippen LogP contribution in [-0.2, 0) is 0 Å². The summed E-state index contributed by atoms with van der Waals surface area (Å²) in [5.74, 6) is 0. The lowest BCUT2D eigenvalue weighted by atomic mass is 9.82. The van der Waals surface area contributed by atoms with Crippen LogP contribution < -0.4 is 10.6 Å². The van der Waals surface area contributed by atoms with Gasteiger partial charge >= 0.3 is 0 Å². The van der Waals surface area contributed by atoms with E-state index in [1.54, 1.807) is 0 Å². The van der Waals surface area contributed by atoms with E-state index in [0.29, 0.717) is 6.04 Å². The molecular weight excluding hydrogens is 184 g/mol. The Morgan fingerprint density at radius 3 is 2.27 bits per heavy atom. The normalized spacial score (nSPS) is 13.7. The fourth-order valence-electron chi connectivity index (χ4n) is 1.97. The van der Waals surface area contributed by atoms with Crippen LogP contribution in [0.15, 0.2) is 24.3 Å². The van der Waals surface area contributed by atoms with Crippen LogP contribution >= 0.6 is 0 Å². The molecule has 0 radical (unpaired) electrons. The van der Waals surface area contributed by atoms with Crippen LogP contribution in [0.2, 0.25) is 0 Å². The van der Waals surface area contributed by atoms with Gasteiger partial charge in [-0.2, -0.15) is 0 Å². The molecule has 1 rings (SSSR count). The highest BCUT2D eigenvalue weighted by atomic mass is 14.9. The second-order valence-corrected chi connectivity index (χ2v) is 4.96. The van der Waals surface area contributed by atoms with E-state index in [1.165, 1.54) is 5.56 Å². The molecule has 1 unspecified atom stereocenters. The fraction of sp³-hybridized carbons (Fsp3) is 0.538. The predicted molar refractivity (Wildman–Crippen MR) is 67.2 cm³/mol. The van der Waals surface area contributed by atoms with Gasteiger partial charge < -0.3 is 10.6 Å². The predicted octanol–water partition coefficient (Wildman–Crippen LogP) is 3.03. The van der Waals surface area contributed by atoms with E-state index >= 15 is 0 Å². The van der Waals surface area contributed by atoms with Gasteiger partial charge in [0, 0.05) is 18.8 Å². The average Bonchev–Trinajstić information content (AvgIpc) is 2.17. The first-order chi connectivity index (χ1) is 6.99. The van der Waals surface area contributed by atoms with Gasteiger partial charge in [-0.05, 0) is 30.2 Å². The molecule has 0 spiro atoms. The molecular formula is C13H22N2. The molecule has 0 aliphatic heterocycles. The van der Waals surface area contributed by atoms with Gasteiger partial charge in [0.05, 0.1) is 0 Å². The molecule has 15 heavy (non-hydrogen) atoms. The van der Waals surface area contributed by atoms with Crippen molar-refractivity contribution < 1.29 is 0 Å². The molecule has 0 heterocycles. The van der Waals surface area contributed by atoms with Crippen LogP contribution in [0.4, 0.5) is 5.69 Å². The van der Waals surface area contributed by atoms with E-state index in [4.69, 9.17) is 0 Å². The first kappa shape index (κ1) is 12.1. The van der Waals surface area contributed by atoms with Crippen molar-refractivity contribution in [2.45, 2.75) is 26.8 Å². The maximum Gasteiger partial charge on any atom is 0.0367 e. The second-order valence-electron chi connectivity index (χ2n) is 4.96. The maximum absolute atomic E-state index is 3.38. The number of hydrogen-bond acceptors (Lipinski definition) is 2. The summed E-state index contributed by atoms with van der Waals surface area (Å²) in [6.07, 6.45) is 0. The summed E-state index contributed by atoms with van der Waals surface area (Å²) in [4.78, 5) is 0. The zero-order valence-electron chi connectivity index (χ0n) is 10.4. The molecule has 0 saturated heterocycles. The molecule has 1 aromatic rings. The standard InChI is InChI=1S/C13H22N2/c1-13(2,3)12(15-5)10-7-6-8-11(9-10)14-4/h6-9,12,14-15H,1-5H3. The van der Waals surface area contributed by atoms with Crippen LogP contribution in [0.1, 0.15) is 32.4 Å². The zero-order valence-corrected chi connectivity index (χ0v) is 10.4. The molecule has 2 heteroatoms. The van der Waals surface area contributed by atoms with Crippen molar-refractivity contribution in [3.8, 4) is 0 Å². The van der Waals surface area contributed by atoms with E-state index in [0.717, 1.165) is 5.69 Å². The van der Waals surface area contributed by atoms with E-state index in [2.05, 4.69) is 55.7 Å². The molecule has 2 nitrogen and oxygen atoms in total. The van der Waals surface area contributed by atoms with Gasteiger partial charge in [-0.3, -0.25) is 0 Å². The number of benzene rings is 1. The van der Waals surface area contributed by atoms with Gasteiger partial charge in [0.15, 0.2) is 0 Å². The minimum atomic E-state index is 0.223.